The van der Waals surface area contributed by atoms with Crippen molar-refractivity contribution in [1.82, 2.24) is 9.80 Å². The van der Waals surface area contributed by atoms with Gasteiger partial charge in [-0.1, -0.05) is 78.3 Å². The maximum Gasteiger partial charge on any atom is 0.237 e. The Labute approximate surface area is 208 Å². The fourth-order valence-corrected chi connectivity index (χ4v) is 5.59. The highest BCUT2D eigenvalue weighted by atomic mass is 35.5. The summed E-state index contributed by atoms with van der Waals surface area (Å²) in [7, 11) is 3.67. The van der Waals surface area contributed by atoms with E-state index in [1.54, 1.807) is 4.90 Å². The van der Waals surface area contributed by atoms with Crippen molar-refractivity contribution in [3.05, 3.63) is 94.5 Å². The number of aliphatic hydroxyl groups is 1. The Bertz CT molecular complexity index is 999. The number of halogens is 1. The molecule has 1 aliphatic heterocycles. The van der Waals surface area contributed by atoms with Crippen molar-refractivity contribution < 1.29 is 9.90 Å². The van der Waals surface area contributed by atoms with Gasteiger partial charge >= 0.3 is 0 Å². The Kier molecular flexibility index (Phi) is 7.61. The first kappa shape index (κ1) is 24.7. The highest BCUT2D eigenvalue weighted by molar-refractivity contribution is 6.29. The second-order valence-electron chi connectivity index (χ2n) is 9.77. The molecule has 0 aromatic heterocycles. The minimum Gasteiger partial charge on any atom is -0.385 e. The molecule has 2 aromatic carbocycles. The van der Waals surface area contributed by atoms with Crippen molar-refractivity contribution in [2.75, 3.05) is 33.7 Å². The lowest BCUT2D eigenvalue weighted by Crippen LogP contribution is -2.49. The molecular weight excluding hydrogens is 444 g/mol. The normalized spacial score (nSPS) is 18.7. The third-order valence-corrected chi connectivity index (χ3v) is 7.80. The van der Waals surface area contributed by atoms with Crippen LogP contribution in [0.4, 0.5) is 0 Å². The first-order chi connectivity index (χ1) is 16.3. The van der Waals surface area contributed by atoms with Crippen LogP contribution in [0.3, 0.4) is 0 Å². The number of carbonyl (C=O) groups excluding carboxylic acids is 1. The molecule has 0 saturated carbocycles. The highest BCUT2D eigenvalue weighted by Crippen LogP contribution is 2.39. The van der Waals surface area contributed by atoms with Crippen LogP contribution in [0, 0.1) is 0 Å². The van der Waals surface area contributed by atoms with E-state index >= 15 is 0 Å². The number of nitrogens with zero attached hydrogens (tertiary/aromatic N) is 2. The van der Waals surface area contributed by atoms with Crippen molar-refractivity contribution in [3.8, 4) is 0 Å². The number of carbonyl (C=O) groups is 1. The fourth-order valence-electron chi connectivity index (χ4n) is 5.43. The van der Waals surface area contributed by atoms with Gasteiger partial charge in [0, 0.05) is 32.2 Å². The van der Waals surface area contributed by atoms with Gasteiger partial charge in [-0.3, -0.25) is 4.79 Å². The molecule has 1 aliphatic carbocycles. The van der Waals surface area contributed by atoms with Crippen molar-refractivity contribution in [3.63, 3.8) is 0 Å². The van der Waals surface area contributed by atoms with Gasteiger partial charge in [0.15, 0.2) is 0 Å². The summed E-state index contributed by atoms with van der Waals surface area (Å²) in [6, 6.07) is 20.3. The van der Waals surface area contributed by atoms with Crippen LogP contribution in [0.25, 0.3) is 0 Å². The van der Waals surface area contributed by atoms with Crippen LogP contribution in [-0.4, -0.2) is 60.1 Å². The molecule has 1 fully saturated rings. The van der Waals surface area contributed by atoms with E-state index in [9.17, 15) is 9.90 Å². The summed E-state index contributed by atoms with van der Waals surface area (Å²) < 4.78 is 0. The average Bonchev–Trinajstić information content (AvgIpc) is 2.87. The number of piperidine rings is 1. The first-order valence-corrected chi connectivity index (χ1v) is 12.6. The SMILES string of the molecule is CN(C)C(=O)C(CCN1CCC(O)(C2=CC=C(Cl)CC2)CC1)(c1ccccc1)c1ccccc1. The number of hydrogen-bond acceptors (Lipinski definition) is 3. The Morgan fingerprint density at radius 1 is 0.971 bits per heavy atom. The summed E-state index contributed by atoms with van der Waals surface area (Å²) in [5.74, 6) is 0.0921. The summed E-state index contributed by atoms with van der Waals surface area (Å²) >= 11 is 6.12. The predicted octanol–water partition coefficient (Wildman–Crippen LogP) is 5.12. The van der Waals surface area contributed by atoms with Crippen LogP contribution >= 0.6 is 11.6 Å². The highest BCUT2D eigenvalue weighted by Gasteiger charge is 2.44. The van der Waals surface area contributed by atoms with Gasteiger partial charge in [0.25, 0.3) is 0 Å². The van der Waals surface area contributed by atoms with E-state index in [0.717, 1.165) is 54.2 Å². The second kappa shape index (κ2) is 10.5. The van der Waals surface area contributed by atoms with Crippen molar-refractivity contribution in [2.24, 2.45) is 0 Å². The van der Waals surface area contributed by atoms with Crippen LogP contribution in [-0.2, 0) is 10.2 Å². The molecule has 180 valence electrons. The Morgan fingerprint density at radius 2 is 1.53 bits per heavy atom. The van der Waals surface area contributed by atoms with Crippen molar-refractivity contribution in [1.29, 1.82) is 0 Å². The van der Waals surface area contributed by atoms with E-state index in [4.69, 9.17) is 11.6 Å². The minimum atomic E-state index is -0.757. The first-order valence-electron chi connectivity index (χ1n) is 12.2. The molecule has 5 heteroatoms. The monoisotopic (exact) mass is 478 g/mol. The summed E-state index contributed by atoms with van der Waals surface area (Å²) in [6.45, 7) is 2.40. The molecule has 0 unspecified atom stereocenters. The van der Waals surface area contributed by atoms with E-state index in [0.29, 0.717) is 19.3 Å². The van der Waals surface area contributed by atoms with E-state index in [2.05, 4.69) is 29.2 Å². The number of benzene rings is 2. The molecule has 0 bridgehead atoms. The van der Waals surface area contributed by atoms with Crippen LogP contribution in [0.5, 0.6) is 0 Å². The van der Waals surface area contributed by atoms with E-state index in [1.807, 2.05) is 62.6 Å². The number of likely N-dealkylation sites (tertiary alicyclic amines) is 1. The summed E-state index contributed by atoms with van der Waals surface area (Å²) in [5, 5.41) is 12.2. The third kappa shape index (κ3) is 5.00. The molecule has 34 heavy (non-hydrogen) atoms. The van der Waals surface area contributed by atoms with E-state index < -0.39 is 11.0 Å². The zero-order valence-corrected chi connectivity index (χ0v) is 21.0. The Hall–Kier alpha value is -2.40. The summed E-state index contributed by atoms with van der Waals surface area (Å²) in [6.07, 6.45) is 7.65. The lowest BCUT2D eigenvalue weighted by atomic mass is 9.70. The standard InChI is InChI=1S/C29H35ClN2O2/c1-31(2)27(33)29(24-9-5-3-6-10-24,25-11-7-4-8-12-25)19-22-32-20-17-28(34,18-21-32)23-13-15-26(30)16-14-23/h3-13,15,34H,14,16-22H2,1-2H3. The van der Waals surface area contributed by atoms with Crippen LogP contribution in [0.1, 0.15) is 43.2 Å². The quantitative estimate of drug-likeness (QED) is 0.600. The molecule has 1 heterocycles. The maximum atomic E-state index is 13.8. The smallest absolute Gasteiger partial charge is 0.237 e. The molecule has 2 aliphatic rings. The topological polar surface area (TPSA) is 43.8 Å². The van der Waals surface area contributed by atoms with Crippen molar-refractivity contribution >= 4 is 17.5 Å². The fraction of sp³-hybridized carbons (Fsp3) is 0.414. The zero-order chi connectivity index (χ0) is 24.2. The summed E-state index contributed by atoms with van der Waals surface area (Å²) in [4.78, 5) is 17.9. The number of hydrogen-bond donors (Lipinski definition) is 1. The number of allylic oxidation sites excluding steroid dienone is 3. The van der Waals surface area contributed by atoms with E-state index in [1.165, 1.54) is 0 Å². The van der Waals surface area contributed by atoms with Gasteiger partial charge in [0.05, 0.1) is 5.60 Å². The zero-order valence-electron chi connectivity index (χ0n) is 20.2. The van der Waals surface area contributed by atoms with Gasteiger partial charge < -0.3 is 14.9 Å². The predicted molar refractivity (Wildman–Crippen MR) is 139 cm³/mol. The van der Waals surface area contributed by atoms with Gasteiger partial charge in [-0.2, -0.15) is 0 Å². The summed E-state index contributed by atoms with van der Waals surface area (Å²) in [5.41, 5.74) is 1.63. The van der Waals surface area contributed by atoms with Crippen LogP contribution in [0.2, 0.25) is 0 Å². The Balaban J connectivity index is 1.56. The third-order valence-electron chi connectivity index (χ3n) is 7.49. The molecule has 4 rings (SSSR count). The van der Waals surface area contributed by atoms with Gasteiger partial charge in [-0.25, -0.2) is 0 Å². The number of amides is 1. The molecule has 0 spiro atoms. The van der Waals surface area contributed by atoms with Crippen LogP contribution in [0.15, 0.2) is 83.4 Å². The molecule has 0 atom stereocenters. The number of likely N-dealkylation sites (N-methyl/N-ethyl adjacent to an activating group) is 1. The maximum absolute atomic E-state index is 13.8. The lowest BCUT2D eigenvalue weighted by molar-refractivity contribution is -0.133. The largest absolute Gasteiger partial charge is 0.385 e. The Morgan fingerprint density at radius 3 is 2.00 bits per heavy atom. The van der Waals surface area contributed by atoms with Gasteiger partial charge in [0.2, 0.25) is 5.91 Å². The van der Waals surface area contributed by atoms with Crippen molar-refractivity contribution in [2.45, 2.75) is 43.1 Å². The van der Waals surface area contributed by atoms with Gasteiger partial charge in [0.1, 0.15) is 5.41 Å². The lowest BCUT2D eigenvalue weighted by Gasteiger charge is -2.42. The minimum absolute atomic E-state index is 0.0921. The molecule has 0 radical (unpaired) electrons. The number of rotatable bonds is 7. The van der Waals surface area contributed by atoms with Gasteiger partial charge in [-0.05, 0) is 61.4 Å². The molecule has 2 aromatic rings. The average molecular weight is 479 g/mol. The van der Waals surface area contributed by atoms with E-state index in [-0.39, 0.29) is 5.91 Å². The molecule has 4 nitrogen and oxygen atoms in total. The van der Waals surface area contributed by atoms with Gasteiger partial charge in [-0.15, -0.1) is 0 Å². The molecular formula is C29H35ClN2O2. The van der Waals surface area contributed by atoms with Crippen LogP contribution < -0.4 is 0 Å². The molecule has 1 amide bonds. The molecule has 1 saturated heterocycles. The molecule has 1 N–H and O–H groups in total. The second-order valence-corrected chi connectivity index (χ2v) is 10.3.